The lowest BCUT2D eigenvalue weighted by Gasteiger charge is -2.13. The van der Waals surface area contributed by atoms with Crippen LogP contribution in [0.2, 0.25) is 0 Å². The number of rotatable bonds is 1. The number of nitrogens with zero attached hydrogens (tertiary/aromatic N) is 2. The average molecular weight is 265 g/mol. The van der Waals surface area contributed by atoms with Gasteiger partial charge in [0.1, 0.15) is 5.82 Å². The molecule has 3 aromatic rings. The molecule has 1 aromatic carbocycles. The minimum Gasteiger partial charge on any atom is -0.342 e. The Kier molecular flexibility index (Phi) is 2.85. The summed E-state index contributed by atoms with van der Waals surface area (Å²) in [6.45, 7) is 8.49. The Morgan fingerprint density at radius 1 is 1.00 bits per heavy atom. The number of imidazole rings is 1. The lowest BCUT2D eigenvalue weighted by Crippen LogP contribution is -2.12. The number of hydrogen-bond acceptors (Lipinski definition) is 2. The van der Waals surface area contributed by atoms with E-state index in [-0.39, 0.29) is 5.41 Å². The molecule has 2 aromatic heterocycles. The van der Waals surface area contributed by atoms with Crippen molar-refractivity contribution in [3.05, 3.63) is 47.9 Å². The van der Waals surface area contributed by atoms with Crippen molar-refractivity contribution in [3.63, 3.8) is 0 Å². The van der Waals surface area contributed by atoms with Crippen LogP contribution in [-0.4, -0.2) is 15.0 Å². The van der Waals surface area contributed by atoms with E-state index in [2.05, 4.69) is 53.9 Å². The molecule has 3 heteroatoms. The zero-order chi connectivity index (χ0) is 14.3. The van der Waals surface area contributed by atoms with Crippen molar-refractivity contribution < 1.29 is 0 Å². The highest BCUT2D eigenvalue weighted by atomic mass is 14.9. The second-order valence-electron chi connectivity index (χ2n) is 6.23. The SMILES string of the molecule is Cc1cccc(-c2ccc3nc(C(C)(C)C)[nH]c3c2)n1. The highest BCUT2D eigenvalue weighted by molar-refractivity contribution is 5.81. The summed E-state index contributed by atoms with van der Waals surface area (Å²) in [5.41, 5.74) is 5.24. The van der Waals surface area contributed by atoms with Crippen molar-refractivity contribution in [2.45, 2.75) is 33.1 Å². The van der Waals surface area contributed by atoms with Gasteiger partial charge in [-0.3, -0.25) is 4.98 Å². The van der Waals surface area contributed by atoms with Crippen LogP contribution in [0, 0.1) is 6.92 Å². The standard InChI is InChI=1S/C17H19N3/c1-11-6-5-7-13(18-11)12-8-9-14-15(10-12)20-16(19-14)17(2,3)4/h5-10H,1-4H3,(H,19,20). The van der Waals surface area contributed by atoms with Crippen LogP contribution in [0.5, 0.6) is 0 Å². The molecule has 0 amide bonds. The van der Waals surface area contributed by atoms with Gasteiger partial charge in [-0.15, -0.1) is 0 Å². The fraction of sp³-hybridized carbons (Fsp3) is 0.294. The van der Waals surface area contributed by atoms with E-state index in [1.165, 1.54) is 0 Å². The van der Waals surface area contributed by atoms with Crippen LogP contribution < -0.4 is 0 Å². The second-order valence-corrected chi connectivity index (χ2v) is 6.23. The van der Waals surface area contributed by atoms with E-state index in [0.717, 1.165) is 33.8 Å². The number of fused-ring (bicyclic) bond motifs is 1. The number of aromatic nitrogens is 3. The number of hydrogen-bond donors (Lipinski definition) is 1. The summed E-state index contributed by atoms with van der Waals surface area (Å²) in [7, 11) is 0. The van der Waals surface area contributed by atoms with E-state index in [4.69, 9.17) is 0 Å². The highest BCUT2D eigenvalue weighted by Crippen LogP contribution is 2.26. The van der Waals surface area contributed by atoms with E-state index in [9.17, 15) is 0 Å². The average Bonchev–Trinajstić information content (AvgIpc) is 2.81. The first kappa shape index (κ1) is 12.9. The molecule has 0 bridgehead atoms. The number of pyridine rings is 1. The molecule has 0 unspecified atom stereocenters. The van der Waals surface area contributed by atoms with E-state index in [0.29, 0.717) is 0 Å². The normalized spacial score (nSPS) is 12.0. The molecule has 1 N–H and O–H groups in total. The third-order valence-electron chi connectivity index (χ3n) is 3.38. The van der Waals surface area contributed by atoms with Crippen LogP contribution in [-0.2, 0) is 5.41 Å². The molecule has 102 valence electrons. The first-order valence-corrected chi connectivity index (χ1v) is 6.88. The predicted molar refractivity (Wildman–Crippen MR) is 82.8 cm³/mol. The maximum absolute atomic E-state index is 4.66. The highest BCUT2D eigenvalue weighted by Gasteiger charge is 2.18. The fourth-order valence-electron chi connectivity index (χ4n) is 2.23. The van der Waals surface area contributed by atoms with Gasteiger partial charge in [0.25, 0.3) is 0 Å². The van der Waals surface area contributed by atoms with Crippen molar-refractivity contribution in [2.75, 3.05) is 0 Å². The van der Waals surface area contributed by atoms with Crippen molar-refractivity contribution in [3.8, 4) is 11.3 Å². The Morgan fingerprint density at radius 3 is 2.50 bits per heavy atom. The van der Waals surface area contributed by atoms with Crippen molar-refractivity contribution in [2.24, 2.45) is 0 Å². The fourth-order valence-corrected chi connectivity index (χ4v) is 2.23. The molecule has 0 saturated carbocycles. The van der Waals surface area contributed by atoms with Crippen LogP contribution in [0.3, 0.4) is 0 Å². The quantitative estimate of drug-likeness (QED) is 0.715. The van der Waals surface area contributed by atoms with Gasteiger partial charge in [-0.05, 0) is 31.2 Å². The van der Waals surface area contributed by atoms with Crippen LogP contribution in [0.1, 0.15) is 32.3 Å². The maximum atomic E-state index is 4.66. The number of aryl methyl sites for hydroxylation is 1. The van der Waals surface area contributed by atoms with Crippen molar-refractivity contribution >= 4 is 11.0 Å². The molecule has 3 nitrogen and oxygen atoms in total. The topological polar surface area (TPSA) is 41.6 Å². The minimum absolute atomic E-state index is 0.0285. The summed E-state index contributed by atoms with van der Waals surface area (Å²) in [5, 5.41) is 0. The lowest BCUT2D eigenvalue weighted by molar-refractivity contribution is 0.554. The summed E-state index contributed by atoms with van der Waals surface area (Å²) < 4.78 is 0. The van der Waals surface area contributed by atoms with E-state index in [1.54, 1.807) is 0 Å². The number of aromatic amines is 1. The molecule has 0 aliphatic carbocycles. The molecule has 0 atom stereocenters. The van der Waals surface area contributed by atoms with Crippen LogP contribution in [0.15, 0.2) is 36.4 Å². The van der Waals surface area contributed by atoms with E-state index < -0.39 is 0 Å². The Bertz CT molecular complexity index is 763. The molecule has 0 saturated heterocycles. The summed E-state index contributed by atoms with van der Waals surface area (Å²) in [6.07, 6.45) is 0. The molecular formula is C17H19N3. The smallest absolute Gasteiger partial charge is 0.112 e. The summed E-state index contributed by atoms with van der Waals surface area (Å²) in [5.74, 6) is 1.02. The lowest BCUT2D eigenvalue weighted by atomic mass is 9.96. The molecule has 0 aliphatic rings. The van der Waals surface area contributed by atoms with E-state index in [1.807, 2.05) is 25.1 Å². The van der Waals surface area contributed by atoms with Gasteiger partial charge in [-0.2, -0.15) is 0 Å². The summed E-state index contributed by atoms with van der Waals surface area (Å²) in [6, 6.07) is 12.3. The summed E-state index contributed by atoms with van der Waals surface area (Å²) >= 11 is 0. The van der Waals surface area contributed by atoms with Gasteiger partial charge in [0.05, 0.1) is 16.7 Å². The van der Waals surface area contributed by atoms with Gasteiger partial charge in [0.15, 0.2) is 0 Å². The van der Waals surface area contributed by atoms with Gasteiger partial charge in [-0.1, -0.05) is 32.9 Å². The van der Waals surface area contributed by atoms with Crippen molar-refractivity contribution in [1.82, 2.24) is 15.0 Å². The molecule has 0 aliphatic heterocycles. The molecule has 2 heterocycles. The molecule has 0 spiro atoms. The molecule has 0 fully saturated rings. The number of nitrogens with one attached hydrogen (secondary N) is 1. The largest absolute Gasteiger partial charge is 0.342 e. The molecule has 0 radical (unpaired) electrons. The predicted octanol–water partition coefficient (Wildman–Crippen LogP) is 4.23. The molecule has 20 heavy (non-hydrogen) atoms. The monoisotopic (exact) mass is 265 g/mol. The zero-order valence-corrected chi connectivity index (χ0v) is 12.4. The van der Waals surface area contributed by atoms with Gasteiger partial charge in [0.2, 0.25) is 0 Å². The third-order valence-corrected chi connectivity index (χ3v) is 3.38. The summed E-state index contributed by atoms with van der Waals surface area (Å²) in [4.78, 5) is 12.7. The minimum atomic E-state index is 0.0285. The Hall–Kier alpha value is -2.16. The number of benzene rings is 1. The van der Waals surface area contributed by atoms with Gasteiger partial charge in [0, 0.05) is 16.7 Å². The van der Waals surface area contributed by atoms with Crippen LogP contribution >= 0.6 is 0 Å². The Morgan fingerprint density at radius 2 is 1.80 bits per heavy atom. The number of H-pyrrole nitrogens is 1. The second kappa shape index (κ2) is 4.44. The van der Waals surface area contributed by atoms with Crippen LogP contribution in [0.25, 0.3) is 22.3 Å². The zero-order valence-electron chi connectivity index (χ0n) is 12.4. The maximum Gasteiger partial charge on any atom is 0.112 e. The van der Waals surface area contributed by atoms with Gasteiger partial charge in [-0.25, -0.2) is 4.98 Å². The first-order valence-electron chi connectivity index (χ1n) is 6.88. The Balaban J connectivity index is 2.11. The van der Waals surface area contributed by atoms with E-state index >= 15 is 0 Å². The first-order chi connectivity index (χ1) is 9.43. The van der Waals surface area contributed by atoms with Gasteiger partial charge >= 0.3 is 0 Å². The molecular weight excluding hydrogens is 246 g/mol. The van der Waals surface area contributed by atoms with Crippen molar-refractivity contribution in [1.29, 1.82) is 0 Å². The Labute approximate surface area is 119 Å². The van der Waals surface area contributed by atoms with Gasteiger partial charge < -0.3 is 4.98 Å². The van der Waals surface area contributed by atoms with Crippen LogP contribution in [0.4, 0.5) is 0 Å². The third kappa shape index (κ3) is 2.31. The molecule has 3 rings (SSSR count).